The Morgan fingerprint density at radius 1 is 1.13 bits per heavy atom. The van der Waals surface area contributed by atoms with Crippen molar-refractivity contribution in [3.63, 3.8) is 0 Å². The second-order valence-electron chi connectivity index (χ2n) is 5.63. The highest BCUT2D eigenvalue weighted by atomic mass is 32.1. The van der Waals surface area contributed by atoms with Crippen molar-refractivity contribution in [2.75, 3.05) is 21.0 Å². The molecular formula is C17H31NO3SSi. The fourth-order valence-electron chi connectivity index (χ4n) is 2.46. The lowest BCUT2D eigenvalue weighted by Crippen LogP contribution is -2.46. The molecule has 0 spiro atoms. The highest BCUT2D eigenvalue weighted by molar-refractivity contribution is 7.80. The van der Waals surface area contributed by atoms with Crippen LogP contribution in [0.25, 0.3) is 0 Å². The van der Waals surface area contributed by atoms with Gasteiger partial charge in [-0.05, 0) is 24.8 Å². The van der Waals surface area contributed by atoms with E-state index in [-0.39, 0.29) is 0 Å². The quantitative estimate of drug-likeness (QED) is 0.243. The first-order valence-corrected chi connectivity index (χ1v) is 10.8. The van der Waals surface area contributed by atoms with Gasteiger partial charge in [0.1, 0.15) is 0 Å². The highest BCUT2D eigenvalue weighted by Gasteiger charge is 2.38. The van der Waals surface area contributed by atoms with Crippen LogP contribution in [0.15, 0.2) is 30.3 Å². The van der Waals surface area contributed by atoms with Gasteiger partial charge in [0.05, 0.1) is 6.73 Å². The second kappa shape index (κ2) is 12.1. The van der Waals surface area contributed by atoms with Crippen LogP contribution in [0, 0.1) is 0 Å². The molecule has 0 saturated carbocycles. The minimum atomic E-state index is -2.57. The lowest BCUT2D eigenvalue weighted by atomic mass is 10.2. The number of hydrogen-bond donors (Lipinski definition) is 2. The van der Waals surface area contributed by atoms with E-state index in [1.165, 1.54) is 12.0 Å². The van der Waals surface area contributed by atoms with Crippen LogP contribution in [0.4, 0.5) is 0 Å². The zero-order chi connectivity index (χ0) is 17.0. The Balaban J connectivity index is 2.31. The summed E-state index contributed by atoms with van der Waals surface area (Å²) in [7, 11) is 0.788. The van der Waals surface area contributed by atoms with E-state index in [4.69, 9.17) is 13.3 Å². The van der Waals surface area contributed by atoms with E-state index in [0.29, 0.717) is 12.0 Å². The van der Waals surface area contributed by atoms with Crippen LogP contribution in [0.3, 0.4) is 0 Å². The monoisotopic (exact) mass is 357 g/mol. The first kappa shape index (κ1) is 20.7. The summed E-state index contributed by atoms with van der Waals surface area (Å²) in [5.74, 6) is 0. The molecule has 0 aromatic heterocycles. The molecule has 1 atom stereocenters. The molecule has 0 aliphatic carbocycles. The van der Waals surface area contributed by atoms with Gasteiger partial charge in [-0.2, -0.15) is 12.6 Å². The van der Waals surface area contributed by atoms with E-state index >= 15 is 0 Å². The predicted molar refractivity (Wildman–Crippen MR) is 101 cm³/mol. The third-order valence-electron chi connectivity index (χ3n) is 3.83. The van der Waals surface area contributed by atoms with Crippen LogP contribution in [-0.2, 0) is 19.8 Å². The normalized spacial score (nSPS) is 13.2. The van der Waals surface area contributed by atoms with Crippen molar-refractivity contribution in [1.82, 2.24) is 5.32 Å². The minimum absolute atomic E-state index is 0.433. The first-order valence-electron chi connectivity index (χ1n) is 8.32. The van der Waals surface area contributed by atoms with Crippen LogP contribution in [-0.4, -0.2) is 35.0 Å². The third kappa shape index (κ3) is 8.33. The molecule has 1 aromatic carbocycles. The molecule has 4 nitrogen and oxygen atoms in total. The molecule has 0 heterocycles. The summed E-state index contributed by atoms with van der Waals surface area (Å²) < 4.78 is 17.2. The fraction of sp³-hybridized carbons (Fsp3) is 0.647. The molecule has 0 fully saturated rings. The van der Waals surface area contributed by atoms with Gasteiger partial charge >= 0.3 is 8.80 Å². The first-order chi connectivity index (χ1) is 11.2. The summed E-state index contributed by atoms with van der Waals surface area (Å²) in [5.41, 5.74) is 1.23. The van der Waals surface area contributed by atoms with Gasteiger partial charge in [0.2, 0.25) is 0 Å². The SMILES string of the molecule is CCCC(S)CCC[Si](OC)(OC)OCNCc1ccccc1. The van der Waals surface area contributed by atoms with Gasteiger partial charge in [0.25, 0.3) is 0 Å². The van der Waals surface area contributed by atoms with E-state index in [2.05, 4.69) is 37.0 Å². The Labute approximate surface area is 147 Å². The van der Waals surface area contributed by atoms with Crippen LogP contribution in [0.2, 0.25) is 6.04 Å². The van der Waals surface area contributed by atoms with E-state index < -0.39 is 8.80 Å². The van der Waals surface area contributed by atoms with Gasteiger partial charge in [0.15, 0.2) is 0 Å². The number of benzene rings is 1. The molecule has 1 N–H and O–H groups in total. The largest absolute Gasteiger partial charge is 0.501 e. The zero-order valence-electron chi connectivity index (χ0n) is 14.6. The van der Waals surface area contributed by atoms with Gasteiger partial charge in [0, 0.05) is 32.1 Å². The Morgan fingerprint density at radius 3 is 2.43 bits per heavy atom. The molecule has 6 heteroatoms. The zero-order valence-corrected chi connectivity index (χ0v) is 16.5. The summed E-state index contributed by atoms with van der Waals surface area (Å²) in [6, 6.07) is 11.1. The fourth-order valence-corrected chi connectivity index (χ4v) is 4.82. The lowest BCUT2D eigenvalue weighted by Gasteiger charge is -2.27. The maximum absolute atomic E-state index is 5.95. The summed E-state index contributed by atoms with van der Waals surface area (Å²) in [6.07, 6.45) is 4.41. The number of rotatable bonds is 13. The summed E-state index contributed by atoms with van der Waals surface area (Å²) >= 11 is 4.61. The molecule has 1 rings (SSSR count). The summed E-state index contributed by atoms with van der Waals surface area (Å²) in [5, 5.41) is 3.74. The molecule has 0 bridgehead atoms. The molecule has 0 aliphatic rings. The highest BCUT2D eigenvalue weighted by Crippen LogP contribution is 2.20. The smallest absolute Gasteiger partial charge is 0.377 e. The molecule has 0 amide bonds. The standard InChI is InChI=1S/C17H31NO3SSi/c1-4-9-17(22)12-8-13-23(19-2,20-3)21-15-18-14-16-10-6-5-7-11-16/h5-7,10-11,17-18,22H,4,8-9,12-15H2,1-3H3. The summed E-state index contributed by atoms with van der Waals surface area (Å²) in [6.45, 7) is 3.39. The summed E-state index contributed by atoms with van der Waals surface area (Å²) in [4.78, 5) is 0. The molecule has 1 aromatic rings. The van der Waals surface area contributed by atoms with Crippen molar-refractivity contribution in [3.8, 4) is 0 Å². The van der Waals surface area contributed by atoms with Crippen LogP contribution < -0.4 is 5.32 Å². The van der Waals surface area contributed by atoms with Gasteiger partial charge < -0.3 is 13.3 Å². The average Bonchev–Trinajstić information content (AvgIpc) is 2.58. The van der Waals surface area contributed by atoms with Crippen LogP contribution >= 0.6 is 12.6 Å². The predicted octanol–water partition coefficient (Wildman–Crippen LogP) is 3.86. The molecule has 0 radical (unpaired) electrons. The lowest BCUT2D eigenvalue weighted by molar-refractivity contribution is 0.0888. The van der Waals surface area contributed by atoms with Crippen molar-refractivity contribution in [1.29, 1.82) is 0 Å². The van der Waals surface area contributed by atoms with Crippen molar-refractivity contribution in [3.05, 3.63) is 35.9 Å². The second-order valence-corrected chi connectivity index (χ2v) is 9.33. The molecular weight excluding hydrogens is 326 g/mol. The maximum atomic E-state index is 5.95. The van der Waals surface area contributed by atoms with E-state index in [1.54, 1.807) is 14.2 Å². The van der Waals surface area contributed by atoms with Crippen LogP contribution in [0.5, 0.6) is 0 Å². The van der Waals surface area contributed by atoms with Crippen molar-refractivity contribution < 1.29 is 13.3 Å². The maximum Gasteiger partial charge on any atom is 0.501 e. The number of hydrogen-bond acceptors (Lipinski definition) is 5. The van der Waals surface area contributed by atoms with E-state index in [9.17, 15) is 0 Å². The average molecular weight is 358 g/mol. The Morgan fingerprint density at radius 2 is 1.83 bits per heavy atom. The molecule has 1 unspecified atom stereocenters. The Bertz CT molecular complexity index is 404. The molecule has 23 heavy (non-hydrogen) atoms. The van der Waals surface area contributed by atoms with Crippen molar-refractivity contribution in [2.24, 2.45) is 0 Å². The topological polar surface area (TPSA) is 39.7 Å². The molecule has 0 aliphatic heterocycles. The van der Waals surface area contributed by atoms with Gasteiger partial charge in [-0.3, -0.25) is 5.32 Å². The third-order valence-corrected chi connectivity index (χ3v) is 7.14. The van der Waals surface area contributed by atoms with E-state index in [0.717, 1.165) is 31.9 Å². The van der Waals surface area contributed by atoms with Gasteiger partial charge in [-0.1, -0.05) is 43.7 Å². The minimum Gasteiger partial charge on any atom is -0.377 e. The molecule has 0 saturated heterocycles. The van der Waals surface area contributed by atoms with Gasteiger partial charge in [-0.25, -0.2) is 0 Å². The van der Waals surface area contributed by atoms with Crippen molar-refractivity contribution in [2.45, 2.75) is 50.4 Å². The van der Waals surface area contributed by atoms with Crippen LogP contribution in [0.1, 0.15) is 38.2 Å². The Hall–Kier alpha value is -0.373. The molecule has 132 valence electrons. The van der Waals surface area contributed by atoms with Gasteiger partial charge in [-0.15, -0.1) is 0 Å². The Kier molecular flexibility index (Phi) is 10.8. The van der Waals surface area contributed by atoms with E-state index in [1.807, 2.05) is 18.2 Å². The number of nitrogens with one attached hydrogen (secondary N) is 1. The van der Waals surface area contributed by atoms with Crippen molar-refractivity contribution >= 4 is 21.4 Å². The number of thiol groups is 1.